The number of phenols is 1. The van der Waals surface area contributed by atoms with Gasteiger partial charge in [-0.25, -0.2) is 0 Å². The van der Waals surface area contributed by atoms with Gasteiger partial charge in [-0.05, 0) is 59.0 Å². The Kier molecular flexibility index (Phi) is 5.72. The molecule has 110 valence electrons. The predicted molar refractivity (Wildman–Crippen MR) is 92.5 cm³/mol. The average molecular weight is 452 g/mol. The molecular formula is C15H19BrINO2. The van der Waals surface area contributed by atoms with E-state index >= 15 is 0 Å². The highest BCUT2D eigenvalue weighted by atomic mass is 127. The van der Waals surface area contributed by atoms with E-state index in [4.69, 9.17) is 0 Å². The second kappa shape index (κ2) is 7.11. The third-order valence-electron chi connectivity index (χ3n) is 4.03. The molecule has 1 aliphatic rings. The van der Waals surface area contributed by atoms with Crippen LogP contribution in [0.4, 0.5) is 0 Å². The smallest absolute Gasteiger partial charge is 0.251 e. The number of benzene rings is 1. The topological polar surface area (TPSA) is 49.3 Å². The summed E-state index contributed by atoms with van der Waals surface area (Å²) in [7, 11) is 0. The molecule has 0 radical (unpaired) electrons. The monoisotopic (exact) mass is 451 g/mol. The van der Waals surface area contributed by atoms with Crippen LogP contribution in [0.15, 0.2) is 18.2 Å². The molecule has 0 spiro atoms. The van der Waals surface area contributed by atoms with Crippen molar-refractivity contribution in [2.75, 3.05) is 11.9 Å². The summed E-state index contributed by atoms with van der Waals surface area (Å²) in [6, 6.07) is 5.03. The maximum Gasteiger partial charge on any atom is 0.251 e. The van der Waals surface area contributed by atoms with Crippen LogP contribution >= 0.6 is 38.5 Å². The number of hydrogen-bond acceptors (Lipinski definition) is 2. The van der Waals surface area contributed by atoms with Crippen molar-refractivity contribution < 1.29 is 9.90 Å². The van der Waals surface area contributed by atoms with E-state index in [0.29, 0.717) is 12.1 Å². The Morgan fingerprint density at radius 2 is 2.05 bits per heavy atom. The largest absolute Gasteiger partial charge is 0.507 e. The first-order valence-electron chi connectivity index (χ1n) is 6.89. The van der Waals surface area contributed by atoms with Gasteiger partial charge in [0.1, 0.15) is 5.75 Å². The molecule has 2 N–H and O–H groups in total. The zero-order valence-electron chi connectivity index (χ0n) is 11.3. The van der Waals surface area contributed by atoms with Crippen LogP contribution in [0.2, 0.25) is 0 Å². The number of aromatic hydroxyl groups is 1. The van der Waals surface area contributed by atoms with Crippen LogP contribution in [0.3, 0.4) is 0 Å². The highest BCUT2D eigenvalue weighted by Gasteiger charge is 2.31. The van der Waals surface area contributed by atoms with Crippen molar-refractivity contribution in [1.29, 1.82) is 0 Å². The molecule has 0 saturated heterocycles. The molecule has 5 heteroatoms. The number of amides is 1. The summed E-state index contributed by atoms with van der Waals surface area (Å²) in [5.74, 6) is 0.0497. The van der Waals surface area contributed by atoms with Crippen molar-refractivity contribution in [3.63, 3.8) is 0 Å². The quantitative estimate of drug-likeness (QED) is 0.535. The minimum atomic E-state index is -0.109. The predicted octanol–water partition coefficient (Wildman–Crippen LogP) is 4.07. The Morgan fingerprint density at radius 1 is 1.35 bits per heavy atom. The van der Waals surface area contributed by atoms with Gasteiger partial charge in [-0.1, -0.05) is 35.2 Å². The number of carbonyl (C=O) groups excluding carboxylic acids is 1. The second-order valence-corrected chi connectivity index (χ2v) is 7.27. The van der Waals surface area contributed by atoms with Crippen molar-refractivity contribution in [2.24, 2.45) is 5.41 Å². The van der Waals surface area contributed by atoms with E-state index in [1.807, 2.05) is 22.6 Å². The summed E-state index contributed by atoms with van der Waals surface area (Å²) in [5, 5.41) is 13.6. The van der Waals surface area contributed by atoms with Crippen LogP contribution in [0.1, 0.15) is 42.5 Å². The highest BCUT2D eigenvalue weighted by Crippen LogP contribution is 2.37. The Balaban J connectivity index is 1.98. The number of halogens is 2. The first kappa shape index (κ1) is 16.1. The summed E-state index contributed by atoms with van der Waals surface area (Å²) in [5.41, 5.74) is 0.711. The summed E-state index contributed by atoms with van der Waals surface area (Å²) in [6.07, 6.45) is 6.11. The third-order valence-corrected chi connectivity index (χ3v) is 6.13. The van der Waals surface area contributed by atoms with Gasteiger partial charge >= 0.3 is 0 Å². The average Bonchev–Trinajstić information content (AvgIpc) is 2.48. The lowest BCUT2D eigenvalue weighted by molar-refractivity contribution is 0.0921. The fraction of sp³-hybridized carbons (Fsp3) is 0.533. The van der Waals surface area contributed by atoms with Crippen LogP contribution in [0.25, 0.3) is 0 Å². The lowest BCUT2D eigenvalue weighted by Crippen LogP contribution is -2.40. The number of nitrogens with one attached hydrogen (secondary N) is 1. The van der Waals surface area contributed by atoms with E-state index in [1.54, 1.807) is 12.1 Å². The summed E-state index contributed by atoms with van der Waals surface area (Å²) >= 11 is 5.64. The van der Waals surface area contributed by atoms with Crippen molar-refractivity contribution in [3.8, 4) is 5.75 Å². The Bertz CT molecular complexity index is 487. The van der Waals surface area contributed by atoms with E-state index in [2.05, 4.69) is 21.2 Å². The zero-order valence-corrected chi connectivity index (χ0v) is 15.0. The molecule has 2 rings (SSSR count). The first-order valence-corrected chi connectivity index (χ1v) is 9.09. The SMILES string of the molecule is O=C(NCC1(CBr)CCCCC1)c1ccc(I)c(O)c1. The molecule has 20 heavy (non-hydrogen) atoms. The molecular weight excluding hydrogens is 433 g/mol. The lowest BCUT2D eigenvalue weighted by Gasteiger charge is -2.35. The molecule has 3 nitrogen and oxygen atoms in total. The number of alkyl halides is 1. The Labute approximate surface area is 141 Å². The highest BCUT2D eigenvalue weighted by molar-refractivity contribution is 14.1. The molecule has 1 aliphatic carbocycles. The fourth-order valence-corrected chi connectivity index (χ4v) is 3.78. The van der Waals surface area contributed by atoms with Gasteiger partial charge in [-0.3, -0.25) is 4.79 Å². The van der Waals surface area contributed by atoms with Gasteiger partial charge in [0.15, 0.2) is 0 Å². The normalized spacial score (nSPS) is 17.7. The fourth-order valence-electron chi connectivity index (χ4n) is 2.68. The maximum absolute atomic E-state index is 12.2. The molecule has 0 atom stereocenters. The number of carbonyl (C=O) groups is 1. The van der Waals surface area contributed by atoms with Crippen LogP contribution in [0.5, 0.6) is 5.75 Å². The van der Waals surface area contributed by atoms with Crippen LogP contribution in [-0.2, 0) is 0 Å². The van der Waals surface area contributed by atoms with E-state index in [1.165, 1.54) is 25.3 Å². The summed E-state index contributed by atoms with van der Waals surface area (Å²) < 4.78 is 0.753. The van der Waals surface area contributed by atoms with Crippen LogP contribution < -0.4 is 5.32 Å². The second-order valence-electron chi connectivity index (χ2n) is 5.54. The van der Waals surface area contributed by atoms with E-state index in [0.717, 1.165) is 21.7 Å². The minimum Gasteiger partial charge on any atom is -0.507 e. The van der Waals surface area contributed by atoms with Crippen molar-refractivity contribution in [1.82, 2.24) is 5.32 Å². The van der Waals surface area contributed by atoms with Gasteiger partial charge in [0.25, 0.3) is 5.91 Å². The molecule has 0 unspecified atom stereocenters. The molecule has 1 aromatic rings. The summed E-state index contributed by atoms with van der Waals surface area (Å²) in [4.78, 5) is 12.2. The molecule has 1 amide bonds. The molecule has 0 aromatic heterocycles. The Hall–Kier alpha value is -0.300. The standard InChI is InChI=1S/C15H19BrINO2/c16-9-15(6-2-1-3-7-15)10-18-14(20)11-4-5-12(17)13(19)8-11/h4-5,8,19H,1-3,6-7,9-10H2,(H,18,20). The van der Waals surface area contributed by atoms with E-state index in [9.17, 15) is 9.90 Å². The molecule has 0 bridgehead atoms. The van der Waals surface area contributed by atoms with Crippen molar-refractivity contribution in [3.05, 3.63) is 27.3 Å². The van der Waals surface area contributed by atoms with Crippen molar-refractivity contribution in [2.45, 2.75) is 32.1 Å². The van der Waals surface area contributed by atoms with Gasteiger partial charge in [0.05, 0.1) is 3.57 Å². The zero-order chi connectivity index (χ0) is 14.6. The lowest BCUT2D eigenvalue weighted by atomic mass is 9.75. The third kappa shape index (κ3) is 3.87. The number of phenolic OH excluding ortho intramolecular Hbond substituents is 1. The minimum absolute atomic E-state index is 0.109. The molecule has 1 fully saturated rings. The van der Waals surface area contributed by atoms with E-state index < -0.39 is 0 Å². The first-order chi connectivity index (χ1) is 9.56. The van der Waals surface area contributed by atoms with Crippen LogP contribution in [-0.4, -0.2) is 22.9 Å². The van der Waals surface area contributed by atoms with Gasteiger partial charge < -0.3 is 10.4 Å². The number of rotatable bonds is 4. The van der Waals surface area contributed by atoms with Gasteiger partial charge in [-0.15, -0.1) is 0 Å². The van der Waals surface area contributed by atoms with Crippen LogP contribution in [0, 0.1) is 8.99 Å². The Morgan fingerprint density at radius 3 is 2.65 bits per heavy atom. The molecule has 1 aromatic carbocycles. The van der Waals surface area contributed by atoms with Gasteiger partial charge in [0, 0.05) is 17.4 Å². The van der Waals surface area contributed by atoms with E-state index in [-0.39, 0.29) is 17.1 Å². The van der Waals surface area contributed by atoms with Gasteiger partial charge in [-0.2, -0.15) is 0 Å². The maximum atomic E-state index is 12.2. The van der Waals surface area contributed by atoms with Crippen molar-refractivity contribution >= 4 is 44.4 Å². The summed E-state index contributed by atoms with van der Waals surface area (Å²) in [6.45, 7) is 0.698. The molecule has 1 saturated carbocycles. The molecule has 0 aliphatic heterocycles. The molecule has 0 heterocycles. The van der Waals surface area contributed by atoms with Gasteiger partial charge in [0.2, 0.25) is 0 Å². The number of hydrogen-bond donors (Lipinski definition) is 2.